The Bertz CT molecular complexity index is 1240. The van der Waals surface area contributed by atoms with Crippen molar-refractivity contribution >= 4 is 28.7 Å². The van der Waals surface area contributed by atoms with E-state index < -0.39 is 0 Å². The van der Waals surface area contributed by atoms with Gasteiger partial charge in [0, 0.05) is 23.1 Å². The molecular formula is C22H17FN4O2. The molecule has 6 nitrogen and oxygen atoms in total. The second-order valence-electron chi connectivity index (χ2n) is 6.88. The third-order valence-corrected chi connectivity index (χ3v) is 4.99. The maximum Gasteiger partial charge on any atom is 0.261 e. The van der Waals surface area contributed by atoms with Gasteiger partial charge in [0.15, 0.2) is 5.69 Å². The van der Waals surface area contributed by atoms with Gasteiger partial charge in [0.05, 0.1) is 17.8 Å². The number of carbonyl (C=O) groups is 1. The molecule has 29 heavy (non-hydrogen) atoms. The van der Waals surface area contributed by atoms with E-state index in [1.165, 1.54) is 18.2 Å². The fraction of sp³-hybridized carbons (Fsp3) is 0.136. The van der Waals surface area contributed by atoms with E-state index in [4.69, 9.17) is 6.57 Å². The van der Waals surface area contributed by atoms with Gasteiger partial charge in [-0.2, -0.15) is 0 Å². The summed E-state index contributed by atoms with van der Waals surface area (Å²) in [6.07, 6.45) is 0. The third-order valence-electron chi connectivity index (χ3n) is 4.99. The van der Waals surface area contributed by atoms with Crippen LogP contribution in [0.15, 0.2) is 53.3 Å². The van der Waals surface area contributed by atoms with E-state index in [0.29, 0.717) is 33.9 Å². The van der Waals surface area contributed by atoms with Crippen LogP contribution in [0, 0.1) is 26.2 Å². The normalized spacial score (nSPS) is 13.2. The molecule has 0 spiro atoms. The number of aromatic nitrogens is 1. The number of halogens is 1. The van der Waals surface area contributed by atoms with Crippen molar-refractivity contribution < 1.29 is 9.18 Å². The van der Waals surface area contributed by atoms with Crippen LogP contribution in [0.25, 0.3) is 4.85 Å². The van der Waals surface area contributed by atoms with Crippen molar-refractivity contribution in [1.82, 2.24) is 4.98 Å². The Balaban J connectivity index is 1.92. The number of nitrogens with one attached hydrogen (secondary N) is 1. The molecule has 1 aliphatic rings. The largest absolute Gasteiger partial charge is 0.324 e. The van der Waals surface area contributed by atoms with Crippen molar-refractivity contribution in [3.05, 3.63) is 92.9 Å². The first-order valence-corrected chi connectivity index (χ1v) is 8.96. The first-order chi connectivity index (χ1) is 13.9. The number of fused-ring (bicyclic) bond motifs is 1. The molecule has 144 valence electrons. The Morgan fingerprint density at radius 3 is 2.41 bits per heavy atom. The number of nitrogens with zero attached hydrogens (tertiary/aromatic N) is 3. The van der Waals surface area contributed by atoms with Crippen LogP contribution in [0.1, 0.15) is 21.6 Å². The van der Waals surface area contributed by atoms with Crippen LogP contribution in [0.5, 0.6) is 0 Å². The van der Waals surface area contributed by atoms with Crippen molar-refractivity contribution in [2.75, 3.05) is 16.5 Å². The number of hydrogen-bond donors (Lipinski definition) is 1. The maximum atomic E-state index is 13.7. The summed E-state index contributed by atoms with van der Waals surface area (Å²) in [7, 11) is 0. The zero-order valence-electron chi connectivity index (χ0n) is 15.9. The number of carbonyl (C=O) groups excluding carboxylic acids is 1. The molecule has 7 heteroatoms. The van der Waals surface area contributed by atoms with Gasteiger partial charge in [0.1, 0.15) is 12.5 Å². The minimum absolute atomic E-state index is 0.159. The average Bonchev–Trinajstić information content (AvgIpc) is 2.69. The van der Waals surface area contributed by atoms with Gasteiger partial charge in [0.25, 0.3) is 5.91 Å². The highest BCUT2D eigenvalue weighted by Crippen LogP contribution is 2.39. The van der Waals surface area contributed by atoms with E-state index in [1.54, 1.807) is 49.1 Å². The first-order valence-electron chi connectivity index (χ1n) is 8.96. The summed E-state index contributed by atoms with van der Waals surface area (Å²) in [6, 6.07) is 12.3. The molecule has 1 aliphatic heterocycles. The van der Waals surface area contributed by atoms with Crippen molar-refractivity contribution in [1.29, 1.82) is 0 Å². The molecule has 0 saturated heterocycles. The topological polar surface area (TPSA) is 60.8 Å². The summed E-state index contributed by atoms with van der Waals surface area (Å²) in [5, 5.41) is 0. The molecule has 1 N–H and O–H groups in total. The Morgan fingerprint density at radius 1 is 0.966 bits per heavy atom. The van der Waals surface area contributed by atoms with Crippen LogP contribution in [0.3, 0.4) is 0 Å². The summed E-state index contributed by atoms with van der Waals surface area (Å²) in [6.45, 7) is 11.0. The predicted molar refractivity (Wildman–Crippen MR) is 109 cm³/mol. The molecular weight excluding hydrogens is 371 g/mol. The number of anilines is 3. The Kier molecular flexibility index (Phi) is 4.40. The Morgan fingerprint density at radius 2 is 1.72 bits per heavy atom. The van der Waals surface area contributed by atoms with Crippen LogP contribution in [-0.4, -0.2) is 17.6 Å². The maximum absolute atomic E-state index is 13.7. The highest BCUT2D eigenvalue weighted by atomic mass is 19.1. The number of H-pyrrole nitrogens is 1. The smallest absolute Gasteiger partial charge is 0.261 e. The van der Waals surface area contributed by atoms with E-state index >= 15 is 0 Å². The van der Waals surface area contributed by atoms with Crippen LogP contribution in [0.4, 0.5) is 27.1 Å². The molecule has 3 aromatic rings. The molecule has 0 unspecified atom stereocenters. The zero-order chi connectivity index (χ0) is 20.7. The van der Waals surface area contributed by atoms with Crippen LogP contribution < -0.4 is 15.4 Å². The molecule has 0 bridgehead atoms. The fourth-order valence-corrected chi connectivity index (χ4v) is 3.60. The molecule has 1 aromatic heterocycles. The number of amides is 1. The zero-order valence-corrected chi connectivity index (χ0v) is 15.9. The van der Waals surface area contributed by atoms with Gasteiger partial charge < -0.3 is 9.88 Å². The SMILES string of the molecule is [C-]#[N+]c1ccc2c(c1)N(c1ccc(F)cc1C)CN(c1ccc(=O)[nH]c1C)C2=O. The lowest BCUT2D eigenvalue weighted by Crippen LogP contribution is -2.45. The van der Waals surface area contributed by atoms with Gasteiger partial charge in [0.2, 0.25) is 5.56 Å². The number of aryl methyl sites for hydroxylation is 2. The van der Waals surface area contributed by atoms with Gasteiger partial charge >= 0.3 is 0 Å². The summed E-state index contributed by atoms with van der Waals surface area (Å²) >= 11 is 0. The molecule has 0 radical (unpaired) electrons. The van der Waals surface area contributed by atoms with Crippen molar-refractivity contribution in [2.24, 2.45) is 0 Å². The lowest BCUT2D eigenvalue weighted by Gasteiger charge is -2.39. The van der Waals surface area contributed by atoms with Crippen molar-refractivity contribution in [2.45, 2.75) is 13.8 Å². The Labute approximate surface area is 166 Å². The van der Waals surface area contributed by atoms with Crippen molar-refractivity contribution in [3.63, 3.8) is 0 Å². The summed E-state index contributed by atoms with van der Waals surface area (Å²) in [4.78, 5) is 34.5. The van der Waals surface area contributed by atoms with E-state index in [1.807, 2.05) is 4.90 Å². The molecule has 4 rings (SSSR count). The first kappa shape index (κ1) is 18.4. The lowest BCUT2D eigenvalue weighted by atomic mass is 10.0. The monoisotopic (exact) mass is 388 g/mol. The van der Waals surface area contributed by atoms with Gasteiger partial charge in [-0.3, -0.25) is 14.5 Å². The summed E-state index contributed by atoms with van der Waals surface area (Å²) in [5.41, 5.74) is 3.78. The van der Waals surface area contributed by atoms with Gasteiger partial charge in [-0.15, -0.1) is 0 Å². The molecule has 0 aliphatic carbocycles. The quantitative estimate of drug-likeness (QED) is 0.661. The fourth-order valence-electron chi connectivity index (χ4n) is 3.60. The van der Waals surface area contributed by atoms with E-state index in [2.05, 4.69) is 9.83 Å². The number of benzene rings is 2. The summed E-state index contributed by atoms with van der Waals surface area (Å²) < 4.78 is 13.7. The Hall–Kier alpha value is -3.92. The van der Waals surface area contributed by atoms with Gasteiger partial charge in [-0.1, -0.05) is 12.1 Å². The molecule has 2 aromatic carbocycles. The van der Waals surface area contributed by atoms with E-state index in [9.17, 15) is 14.0 Å². The molecule has 0 atom stereocenters. The van der Waals surface area contributed by atoms with E-state index in [-0.39, 0.29) is 24.0 Å². The summed E-state index contributed by atoms with van der Waals surface area (Å²) in [5.74, 6) is -0.578. The number of aromatic amines is 1. The second-order valence-corrected chi connectivity index (χ2v) is 6.88. The standard InChI is InChI=1S/C22H17FN4O2/c1-13-10-15(23)4-7-18(13)26-12-27(19-8-9-21(28)25-14(19)2)22(29)17-6-5-16(24-3)11-20(17)26/h4-11H,12H2,1-2H3,(H,25,28). The van der Waals surface area contributed by atoms with Crippen molar-refractivity contribution in [3.8, 4) is 0 Å². The van der Waals surface area contributed by atoms with Crippen LogP contribution in [0.2, 0.25) is 0 Å². The second kappa shape index (κ2) is 6.91. The molecule has 1 amide bonds. The van der Waals surface area contributed by atoms with E-state index in [0.717, 1.165) is 5.69 Å². The van der Waals surface area contributed by atoms with Gasteiger partial charge in [-0.25, -0.2) is 9.24 Å². The van der Waals surface area contributed by atoms with Gasteiger partial charge in [-0.05, 0) is 49.7 Å². The number of hydrogen-bond acceptors (Lipinski definition) is 3. The minimum atomic E-state index is -0.345. The highest BCUT2D eigenvalue weighted by Gasteiger charge is 2.32. The highest BCUT2D eigenvalue weighted by molar-refractivity contribution is 6.13. The number of pyridine rings is 1. The number of rotatable bonds is 2. The molecule has 0 saturated carbocycles. The lowest BCUT2D eigenvalue weighted by molar-refractivity contribution is 0.0983. The van der Waals surface area contributed by atoms with Crippen LogP contribution >= 0.6 is 0 Å². The average molecular weight is 388 g/mol. The molecule has 0 fully saturated rings. The molecule has 2 heterocycles. The minimum Gasteiger partial charge on any atom is -0.324 e. The third kappa shape index (κ3) is 3.15. The van der Waals surface area contributed by atoms with Crippen LogP contribution in [-0.2, 0) is 0 Å². The predicted octanol–water partition coefficient (Wildman–Crippen LogP) is 4.44.